The Morgan fingerprint density at radius 1 is 0.893 bits per heavy atom. The zero-order valence-electron chi connectivity index (χ0n) is 15.0. The van der Waals surface area contributed by atoms with Crippen molar-refractivity contribution in [3.8, 4) is 11.3 Å². The second-order valence-electron chi connectivity index (χ2n) is 6.60. The number of hydrogen-bond donors (Lipinski definition) is 1. The molecule has 0 bridgehead atoms. The van der Waals surface area contributed by atoms with E-state index in [1.807, 2.05) is 12.1 Å². The van der Waals surface area contributed by atoms with E-state index in [9.17, 15) is 13.6 Å². The summed E-state index contributed by atoms with van der Waals surface area (Å²) in [5.41, 5.74) is 1.37. The van der Waals surface area contributed by atoms with Gasteiger partial charge in [0, 0.05) is 24.3 Å². The van der Waals surface area contributed by atoms with Gasteiger partial charge in [-0.25, -0.2) is 8.78 Å². The van der Waals surface area contributed by atoms with Crippen molar-refractivity contribution in [3.63, 3.8) is 0 Å². The minimum Gasteiger partial charge on any atom is -0.355 e. The van der Waals surface area contributed by atoms with Gasteiger partial charge in [0.05, 0.1) is 5.69 Å². The Bertz CT molecular complexity index is 964. The lowest BCUT2D eigenvalue weighted by molar-refractivity contribution is 0.101. The minimum absolute atomic E-state index is 0.429. The van der Waals surface area contributed by atoms with Crippen LogP contribution in [0.1, 0.15) is 23.2 Å². The van der Waals surface area contributed by atoms with E-state index in [0.717, 1.165) is 36.6 Å². The van der Waals surface area contributed by atoms with Gasteiger partial charge in [0.2, 0.25) is 0 Å². The Kier molecular flexibility index (Phi) is 4.97. The van der Waals surface area contributed by atoms with Gasteiger partial charge in [-0.05, 0) is 49.2 Å². The molecule has 1 aromatic heterocycles. The number of hydrogen-bond acceptors (Lipinski definition) is 4. The fourth-order valence-electron chi connectivity index (χ4n) is 3.23. The van der Waals surface area contributed by atoms with E-state index in [2.05, 4.69) is 20.4 Å². The van der Waals surface area contributed by atoms with Crippen LogP contribution in [0.5, 0.6) is 0 Å². The van der Waals surface area contributed by atoms with Crippen LogP contribution in [-0.2, 0) is 0 Å². The summed E-state index contributed by atoms with van der Waals surface area (Å²) in [4.78, 5) is 14.4. The second kappa shape index (κ2) is 7.72. The smallest absolute Gasteiger partial charge is 0.261 e. The van der Waals surface area contributed by atoms with Gasteiger partial charge in [-0.15, -0.1) is 10.2 Å². The number of benzene rings is 2. The van der Waals surface area contributed by atoms with Gasteiger partial charge in [-0.2, -0.15) is 0 Å². The van der Waals surface area contributed by atoms with Crippen LogP contribution in [0.25, 0.3) is 11.3 Å². The fourth-order valence-corrected chi connectivity index (χ4v) is 3.23. The van der Waals surface area contributed by atoms with Crippen LogP contribution in [0.2, 0.25) is 0 Å². The Morgan fingerprint density at radius 3 is 2.18 bits per heavy atom. The van der Waals surface area contributed by atoms with Crippen molar-refractivity contribution >= 4 is 17.4 Å². The molecule has 1 amide bonds. The molecule has 2 aromatic carbocycles. The van der Waals surface area contributed by atoms with E-state index in [-0.39, 0.29) is 0 Å². The number of nitrogens with zero attached hydrogens (tertiary/aromatic N) is 3. The van der Waals surface area contributed by atoms with Crippen molar-refractivity contribution in [2.45, 2.75) is 12.8 Å². The first kappa shape index (κ1) is 18.0. The highest BCUT2D eigenvalue weighted by Gasteiger charge is 2.17. The van der Waals surface area contributed by atoms with Gasteiger partial charge >= 0.3 is 0 Å². The van der Waals surface area contributed by atoms with Crippen LogP contribution in [0, 0.1) is 11.6 Å². The first-order valence-electron chi connectivity index (χ1n) is 9.06. The SMILES string of the molecule is O=C(Nc1ccc(-c2ccc(N3CCCC3)nn2)cc1)c1c(F)cccc1F. The normalized spacial score (nSPS) is 13.6. The summed E-state index contributed by atoms with van der Waals surface area (Å²) in [6.07, 6.45) is 2.35. The quantitative estimate of drug-likeness (QED) is 0.734. The van der Waals surface area contributed by atoms with Gasteiger partial charge in [-0.3, -0.25) is 4.79 Å². The molecule has 7 heteroatoms. The van der Waals surface area contributed by atoms with Crippen LogP contribution >= 0.6 is 0 Å². The summed E-state index contributed by atoms with van der Waals surface area (Å²) < 4.78 is 27.4. The zero-order valence-corrected chi connectivity index (χ0v) is 15.0. The highest BCUT2D eigenvalue weighted by atomic mass is 19.1. The molecule has 5 nitrogen and oxygen atoms in total. The monoisotopic (exact) mass is 380 g/mol. The molecule has 0 spiro atoms. The third kappa shape index (κ3) is 3.69. The Labute approximate surface area is 161 Å². The molecule has 0 radical (unpaired) electrons. The van der Waals surface area contributed by atoms with Gasteiger partial charge in [0.15, 0.2) is 5.82 Å². The molecule has 2 heterocycles. The number of halogens is 2. The van der Waals surface area contributed by atoms with Crippen LogP contribution in [0.4, 0.5) is 20.3 Å². The standard InChI is InChI=1S/C21H18F2N4O/c22-16-4-3-5-17(23)20(16)21(28)24-15-8-6-14(7-9-15)18-10-11-19(26-25-18)27-12-1-2-13-27/h3-11H,1-2,12-13H2,(H,24,28). The molecule has 4 rings (SSSR count). The highest BCUT2D eigenvalue weighted by Crippen LogP contribution is 2.23. The summed E-state index contributed by atoms with van der Waals surface area (Å²) >= 11 is 0. The number of rotatable bonds is 4. The van der Waals surface area contributed by atoms with Gasteiger partial charge in [0.1, 0.15) is 17.2 Å². The molecule has 142 valence electrons. The molecule has 0 aliphatic carbocycles. The first-order valence-corrected chi connectivity index (χ1v) is 9.06. The third-order valence-electron chi connectivity index (χ3n) is 4.71. The maximum absolute atomic E-state index is 13.7. The van der Waals surface area contributed by atoms with Crippen molar-refractivity contribution in [2.24, 2.45) is 0 Å². The average molecular weight is 380 g/mol. The number of carbonyl (C=O) groups is 1. The molecule has 3 aromatic rings. The lowest BCUT2D eigenvalue weighted by atomic mass is 10.1. The van der Waals surface area contributed by atoms with Crippen LogP contribution in [0.15, 0.2) is 54.6 Å². The van der Waals surface area contributed by atoms with E-state index in [4.69, 9.17) is 0 Å². The van der Waals surface area contributed by atoms with Crippen LogP contribution in [0.3, 0.4) is 0 Å². The Morgan fingerprint density at radius 2 is 1.57 bits per heavy atom. The van der Waals surface area contributed by atoms with Crippen LogP contribution in [-0.4, -0.2) is 29.2 Å². The zero-order chi connectivity index (χ0) is 19.5. The molecule has 1 aliphatic rings. The minimum atomic E-state index is -0.900. The number of amides is 1. The second-order valence-corrected chi connectivity index (χ2v) is 6.60. The van der Waals surface area contributed by atoms with E-state index in [1.165, 1.54) is 18.9 Å². The van der Waals surface area contributed by atoms with Crippen molar-refractivity contribution in [3.05, 3.63) is 71.8 Å². The molecular weight excluding hydrogens is 362 g/mol. The third-order valence-corrected chi connectivity index (χ3v) is 4.71. The van der Waals surface area contributed by atoms with E-state index in [0.29, 0.717) is 11.4 Å². The molecule has 1 saturated heterocycles. The average Bonchev–Trinajstić information content (AvgIpc) is 3.23. The van der Waals surface area contributed by atoms with Crippen molar-refractivity contribution < 1.29 is 13.6 Å². The number of anilines is 2. The van der Waals surface area contributed by atoms with E-state index in [1.54, 1.807) is 24.3 Å². The van der Waals surface area contributed by atoms with Gasteiger partial charge < -0.3 is 10.2 Å². The van der Waals surface area contributed by atoms with Crippen molar-refractivity contribution in [2.75, 3.05) is 23.3 Å². The summed E-state index contributed by atoms with van der Waals surface area (Å²) in [5.74, 6) is -1.76. The molecular formula is C21H18F2N4O. The molecule has 0 saturated carbocycles. The van der Waals surface area contributed by atoms with Crippen molar-refractivity contribution in [1.29, 1.82) is 0 Å². The maximum Gasteiger partial charge on any atom is 0.261 e. The fraction of sp³-hybridized carbons (Fsp3) is 0.190. The first-order chi connectivity index (χ1) is 13.6. The molecule has 0 unspecified atom stereocenters. The van der Waals surface area contributed by atoms with E-state index >= 15 is 0 Å². The van der Waals surface area contributed by atoms with Gasteiger partial charge in [0.25, 0.3) is 5.91 Å². The molecule has 0 atom stereocenters. The topological polar surface area (TPSA) is 58.1 Å². The van der Waals surface area contributed by atoms with Crippen molar-refractivity contribution in [1.82, 2.24) is 10.2 Å². The largest absolute Gasteiger partial charge is 0.355 e. The molecule has 1 N–H and O–H groups in total. The molecule has 1 fully saturated rings. The summed E-state index contributed by atoms with van der Waals surface area (Å²) in [6, 6.07) is 14.0. The number of carbonyl (C=O) groups excluding carboxylic acids is 1. The predicted molar refractivity (Wildman–Crippen MR) is 103 cm³/mol. The lowest BCUT2D eigenvalue weighted by Crippen LogP contribution is -2.19. The number of aromatic nitrogens is 2. The van der Waals surface area contributed by atoms with Gasteiger partial charge in [-0.1, -0.05) is 18.2 Å². The maximum atomic E-state index is 13.7. The summed E-state index contributed by atoms with van der Waals surface area (Å²) in [5, 5.41) is 11.1. The number of nitrogens with one attached hydrogen (secondary N) is 1. The Hall–Kier alpha value is -3.35. The van der Waals surface area contributed by atoms with Crippen LogP contribution < -0.4 is 10.2 Å². The lowest BCUT2D eigenvalue weighted by Gasteiger charge is -2.15. The summed E-state index contributed by atoms with van der Waals surface area (Å²) in [7, 11) is 0. The summed E-state index contributed by atoms with van der Waals surface area (Å²) in [6.45, 7) is 2.01. The molecule has 28 heavy (non-hydrogen) atoms. The van der Waals surface area contributed by atoms with E-state index < -0.39 is 23.1 Å². The highest BCUT2D eigenvalue weighted by molar-refractivity contribution is 6.04. The molecule has 1 aliphatic heterocycles. The Balaban J connectivity index is 1.47. The predicted octanol–water partition coefficient (Wildman–Crippen LogP) is 4.27.